The first kappa shape index (κ1) is 17.3. The van der Waals surface area contributed by atoms with Crippen LogP contribution >= 0.6 is 0 Å². The van der Waals surface area contributed by atoms with Crippen molar-refractivity contribution in [2.24, 2.45) is 0 Å². The van der Waals surface area contributed by atoms with Crippen molar-refractivity contribution in [3.63, 3.8) is 0 Å². The highest BCUT2D eigenvalue weighted by Gasteiger charge is 2.16. The predicted octanol–water partition coefficient (Wildman–Crippen LogP) is 3.49. The van der Waals surface area contributed by atoms with E-state index in [0.717, 1.165) is 24.0 Å². The van der Waals surface area contributed by atoms with Gasteiger partial charge in [0.1, 0.15) is 23.6 Å². The maximum absolute atomic E-state index is 14.1. The first-order valence-corrected chi connectivity index (χ1v) is 8.38. The van der Waals surface area contributed by atoms with Crippen LogP contribution < -0.4 is 5.32 Å². The number of aryl methyl sites for hydroxylation is 1. The van der Waals surface area contributed by atoms with E-state index >= 15 is 0 Å². The molecule has 0 aliphatic heterocycles. The second-order valence-electron chi connectivity index (χ2n) is 6.07. The van der Waals surface area contributed by atoms with E-state index in [0.29, 0.717) is 23.8 Å². The summed E-state index contributed by atoms with van der Waals surface area (Å²) >= 11 is 0. The van der Waals surface area contributed by atoms with E-state index in [2.05, 4.69) is 20.4 Å². The van der Waals surface area contributed by atoms with Crippen LogP contribution in [0, 0.1) is 12.7 Å². The summed E-state index contributed by atoms with van der Waals surface area (Å²) in [5.41, 5.74) is 1.70. The lowest BCUT2D eigenvalue weighted by atomic mass is 10.3. The summed E-state index contributed by atoms with van der Waals surface area (Å²) in [6.07, 6.45) is 2.56. The number of hydrogen-bond acceptors (Lipinski definition) is 5. The SMILES string of the molecule is Cc1nn(-c2ccccc2F)c2ncnc(NCCCOC(C)C)c12. The summed E-state index contributed by atoms with van der Waals surface area (Å²) in [7, 11) is 0. The number of para-hydroxylation sites is 1. The third-order valence-electron chi connectivity index (χ3n) is 3.79. The fourth-order valence-electron chi connectivity index (χ4n) is 2.64. The van der Waals surface area contributed by atoms with Gasteiger partial charge in [-0.3, -0.25) is 0 Å². The molecule has 7 heteroatoms. The van der Waals surface area contributed by atoms with Gasteiger partial charge in [0.15, 0.2) is 5.65 Å². The second-order valence-corrected chi connectivity index (χ2v) is 6.07. The van der Waals surface area contributed by atoms with E-state index in [4.69, 9.17) is 4.74 Å². The number of ether oxygens (including phenoxy) is 1. The first-order valence-electron chi connectivity index (χ1n) is 8.38. The molecule has 0 bridgehead atoms. The molecule has 0 unspecified atom stereocenters. The van der Waals surface area contributed by atoms with E-state index in [1.807, 2.05) is 20.8 Å². The molecule has 0 aliphatic rings. The van der Waals surface area contributed by atoms with Gasteiger partial charge in [-0.2, -0.15) is 5.10 Å². The van der Waals surface area contributed by atoms with Crippen LogP contribution in [0.15, 0.2) is 30.6 Å². The average molecular weight is 343 g/mol. The molecule has 0 saturated heterocycles. The van der Waals surface area contributed by atoms with Gasteiger partial charge in [-0.1, -0.05) is 12.1 Å². The molecule has 0 amide bonds. The number of benzene rings is 1. The van der Waals surface area contributed by atoms with Crippen molar-refractivity contribution in [3.8, 4) is 5.69 Å². The van der Waals surface area contributed by atoms with Crippen LogP contribution in [0.1, 0.15) is 26.0 Å². The fourth-order valence-corrected chi connectivity index (χ4v) is 2.64. The van der Waals surface area contributed by atoms with E-state index in [9.17, 15) is 4.39 Å². The zero-order valence-corrected chi connectivity index (χ0v) is 14.7. The van der Waals surface area contributed by atoms with E-state index in [1.165, 1.54) is 17.1 Å². The maximum atomic E-state index is 14.1. The molecule has 1 aromatic carbocycles. The molecule has 132 valence electrons. The Bertz CT molecular complexity index is 862. The number of nitrogens with one attached hydrogen (secondary N) is 1. The Hall–Kier alpha value is -2.54. The predicted molar refractivity (Wildman–Crippen MR) is 95.5 cm³/mol. The number of fused-ring (bicyclic) bond motifs is 1. The van der Waals surface area contributed by atoms with Crippen LogP contribution in [0.5, 0.6) is 0 Å². The zero-order valence-electron chi connectivity index (χ0n) is 14.7. The third kappa shape index (κ3) is 3.76. The molecule has 6 nitrogen and oxygen atoms in total. The molecule has 3 rings (SSSR count). The van der Waals surface area contributed by atoms with Crippen LogP contribution in [0.2, 0.25) is 0 Å². The summed E-state index contributed by atoms with van der Waals surface area (Å²) in [6, 6.07) is 6.52. The Morgan fingerprint density at radius 2 is 2.04 bits per heavy atom. The Morgan fingerprint density at radius 3 is 2.80 bits per heavy atom. The quantitative estimate of drug-likeness (QED) is 0.665. The minimum absolute atomic E-state index is 0.229. The minimum atomic E-state index is -0.342. The first-order chi connectivity index (χ1) is 12.1. The Balaban J connectivity index is 1.86. The Kier molecular flexibility index (Phi) is 5.23. The van der Waals surface area contributed by atoms with Crippen molar-refractivity contribution in [1.82, 2.24) is 19.7 Å². The Labute approximate surface area is 146 Å². The lowest BCUT2D eigenvalue weighted by Gasteiger charge is -2.09. The van der Waals surface area contributed by atoms with Crippen LogP contribution in [0.25, 0.3) is 16.7 Å². The molecular formula is C18H22FN5O. The van der Waals surface area contributed by atoms with Crippen molar-refractivity contribution in [2.45, 2.75) is 33.3 Å². The summed E-state index contributed by atoms with van der Waals surface area (Å²) in [5.74, 6) is 0.362. The van der Waals surface area contributed by atoms with Gasteiger partial charge in [0.2, 0.25) is 0 Å². The van der Waals surface area contributed by atoms with Gasteiger partial charge in [0.25, 0.3) is 0 Å². The number of anilines is 1. The van der Waals surface area contributed by atoms with Gasteiger partial charge in [-0.15, -0.1) is 0 Å². The molecule has 2 aromatic heterocycles. The number of halogens is 1. The van der Waals surface area contributed by atoms with Gasteiger partial charge in [-0.05, 0) is 39.3 Å². The second kappa shape index (κ2) is 7.57. The Morgan fingerprint density at radius 1 is 1.24 bits per heavy atom. The van der Waals surface area contributed by atoms with Gasteiger partial charge >= 0.3 is 0 Å². The van der Waals surface area contributed by atoms with Gasteiger partial charge in [0.05, 0.1) is 17.2 Å². The lowest BCUT2D eigenvalue weighted by molar-refractivity contribution is 0.0787. The van der Waals surface area contributed by atoms with Crippen molar-refractivity contribution in [3.05, 3.63) is 42.1 Å². The van der Waals surface area contributed by atoms with Crippen molar-refractivity contribution in [2.75, 3.05) is 18.5 Å². The summed E-state index contributed by atoms with van der Waals surface area (Å²) in [4.78, 5) is 8.63. The van der Waals surface area contributed by atoms with Crippen molar-refractivity contribution < 1.29 is 9.13 Å². The molecule has 0 saturated carbocycles. The summed E-state index contributed by atoms with van der Waals surface area (Å²) < 4.78 is 21.2. The molecule has 3 aromatic rings. The van der Waals surface area contributed by atoms with Gasteiger partial charge < -0.3 is 10.1 Å². The molecule has 0 radical (unpaired) electrons. The average Bonchev–Trinajstić information content (AvgIpc) is 2.92. The summed E-state index contributed by atoms with van der Waals surface area (Å²) in [5, 5.41) is 8.56. The van der Waals surface area contributed by atoms with Crippen LogP contribution in [-0.4, -0.2) is 39.0 Å². The topological polar surface area (TPSA) is 64.9 Å². The zero-order chi connectivity index (χ0) is 17.8. The molecular weight excluding hydrogens is 321 g/mol. The van der Waals surface area contributed by atoms with Gasteiger partial charge in [0, 0.05) is 13.2 Å². The number of nitrogens with zero attached hydrogens (tertiary/aromatic N) is 4. The largest absolute Gasteiger partial charge is 0.379 e. The van der Waals surface area contributed by atoms with E-state index < -0.39 is 0 Å². The maximum Gasteiger partial charge on any atom is 0.168 e. The normalized spacial score (nSPS) is 11.4. The smallest absolute Gasteiger partial charge is 0.168 e. The van der Waals surface area contributed by atoms with Crippen LogP contribution in [0.4, 0.5) is 10.2 Å². The van der Waals surface area contributed by atoms with Crippen molar-refractivity contribution in [1.29, 1.82) is 0 Å². The number of hydrogen-bond donors (Lipinski definition) is 1. The highest BCUT2D eigenvalue weighted by molar-refractivity contribution is 5.90. The van der Waals surface area contributed by atoms with Gasteiger partial charge in [-0.25, -0.2) is 19.0 Å². The molecule has 2 heterocycles. The third-order valence-corrected chi connectivity index (χ3v) is 3.79. The lowest BCUT2D eigenvalue weighted by Crippen LogP contribution is -2.10. The monoisotopic (exact) mass is 343 g/mol. The molecule has 0 fully saturated rings. The molecule has 25 heavy (non-hydrogen) atoms. The highest BCUT2D eigenvalue weighted by atomic mass is 19.1. The van der Waals surface area contributed by atoms with Crippen molar-refractivity contribution >= 4 is 16.9 Å². The van der Waals surface area contributed by atoms with Crippen LogP contribution in [0.3, 0.4) is 0 Å². The van der Waals surface area contributed by atoms with E-state index in [-0.39, 0.29) is 11.9 Å². The minimum Gasteiger partial charge on any atom is -0.379 e. The summed E-state index contributed by atoms with van der Waals surface area (Å²) in [6.45, 7) is 7.31. The molecule has 1 N–H and O–H groups in total. The molecule has 0 spiro atoms. The van der Waals surface area contributed by atoms with Crippen LogP contribution in [-0.2, 0) is 4.74 Å². The van der Waals surface area contributed by atoms with E-state index in [1.54, 1.807) is 18.2 Å². The number of rotatable bonds is 7. The number of aromatic nitrogens is 4. The molecule has 0 aliphatic carbocycles. The fraction of sp³-hybridized carbons (Fsp3) is 0.389. The standard InChI is InChI=1S/C18H22FN5O/c1-12(2)25-10-6-9-20-17-16-13(3)23-24(18(16)22-11-21-17)15-8-5-4-7-14(15)19/h4-5,7-8,11-12H,6,9-10H2,1-3H3,(H,20,21,22). The highest BCUT2D eigenvalue weighted by Crippen LogP contribution is 2.26. The molecule has 0 atom stereocenters.